The van der Waals surface area contributed by atoms with E-state index in [2.05, 4.69) is 4.98 Å². The van der Waals surface area contributed by atoms with Gasteiger partial charge >= 0.3 is 5.97 Å². The summed E-state index contributed by atoms with van der Waals surface area (Å²) in [4.78, 5) is 15.0. The number of hydrogen-bond acceptors (Lipinski definition) is 2. The molecule has 1 aromatic rings. The van der Waals surface area contributed by atoms with Gasteiger partial charge in [-0.2, -0.15) is 0 Å². The third kappa shape index (κ3) is 3.02. The molecule has 1 aliphatic rings. The lowest BCUT2D eigenvalue weighted by molar-refractivity contribution is -0.143. The van der Waals surface area contributed by atoms with Gasteiger partial charge in [0.15, 0.2) is 0 Å². The van der Waals surface area contributed by atoms with Gasteiger partial charge in [0.2, 0.25) is 0 Å². The quantitative estimate of drug-likeness (QED) is 0.875. The number of nitrogens with zero attached hydrogens (tertiary/aromatic N) is 1. The van der Waals surface area contributed by atoms with Crippen LogP contribution in [-0.2, 0) is 11.2 Å². The van der Waals surface area contributed by atoms with Crippen molar-refractivity contribution in [2.75, 3.05) is 0 Å². The van der Waals surface area contributed by atoms with Crippen LogP contribution < -0.4 is 0 Å². The maximum atomic E-state index is 13.0. The third-order valence-corrected chi connectivity index (χ3v) is 3.50. The minimum atomic E-state index is -0.777. The molecule has 0 spiro atoms. The van der Waals surface area contributed by atoms with Gasteiger partial charge in [0.25, 0.3) is 0 Å². The summed E-state index contributed by atoms with van der Waals surface area (Å²) >= 11 is 0. The van der Waals surface area contributed by atoms with Gasteiger partial charge < -0.3 is 5.11 Å². The number of carboxylic acids is 1. The van der Waals surface area contributed by atoms with Crippen molar-refractivity contribution in [3.8, 4) is 0 Å². The maximum absolute atomic E-state index is 13.0. The molecule has 0 amide bonds. The van der Waals surface area contributed by atoms with Crippen molar-refractivity contribution >= 4 is 5.97 Å². The summed E-state index contributed by atoms with van der Waals surface area (Å²) in [5.41, 5.74) is 0.671. The van der Waals surface area contributed by atoms with Crippen LogP contribution in [0.25, 0.3) is 0 Å². The molecule has 1 unspecified atom stereocenters. The highest BCUT2D eigenvalue weighted by Gasteiger charge is 2.30. The van der Waals surface area contributed by atoms with Crippen LogP contribution >= 0.6 is 0 Å². The molecule has 92 valence electrons. The highest BCUT2D eigenvalue weighted by molar-refractivity contribution is 5.70. The van der Waals surface area contributed by atoms with Crippen LogP contribution in [0, 0.1) is 17.7 Å². The Labute approximate surface area is 99.7 Å². The van der Waals surface area contributed by atoms with Crippen molar-refractivity contribution in [1.82, 2.24) is 4.98 Å². The van der Waals surface area contributed by atoms with E-state index in [1.165, 1.54) is 6.07 Å². The highest BCUT2D eigenvalue weighted by atomic mass is 19.1. The van der Waals surface area contributed by atoms with Crippen molar-refractivity contribution in [2.24, 2.45) is 11.8 Å². The predicted molar refractivity (Wildman–Crippen MR) is 61.0 cm³/mol. The van der Waals surface area contributed by atoms with E-state index in [9.17, 15) is 14.3 Å². The number of pyridine rings is 1. The summed E-state index contributed by atoms with van der Waals surface area (Å²) < 4.78 is 13.0. The molecule has 3 nitrogen and oxygen atoms in total. The Kier molecular flexibility index (Phi) is 3.71. The molecule has 4 heteroatoms. The fourth-order valence-corrected chi connectivity index (χ4v) is 2.64. The van der Waals surface area contributed by atoms with Crippen molar-refractivity contribution in [3.05, 3.63) is 29.8 Å². The van der Waals surface area contributed by atoms with Gasteiger partial charge in [0.1, 0.15) is 5.82 Å². The first-order valence-electron chi connectivity index (χ1n) is 5.99. The smallest absolute Gasteiger partial charge is 0.307 e. The lowest BCUT2D eigenvalue weighted by Gasteiger charge is -2.18. The first-order chi connectivity index (χ1) is 8.16. The average molecular weight is 237 g/mol. The fraction of sp³-hybridized carbons (Fsp3) is 0.538. The van der Waals surface area contributed by atoms with Crippen LogP contribution in [-0.4, -0.2) is 16.1 Å². The summed E-state index contributed by atoms with van der Waals surface area (Å²) in [6.07, 6.45) is 7.22. The zero-order valence-corrected chi connectivity index (χ0v) is 9.60. The molecule has 1 atom stereocenters. The van der Waals surface area contributed by atoms with Gasteiger partial charge in [-0.3, -0.25) is 9.78 Å². The molecule has 1 saturated carbocycles. The summed E-state index contributed by atoms with van der Waals surface area (Å²) in [5, 5.41) is 9.25. The first kappa shape index (κ1) is 12.0. The lowest BCUT2D eigenvalue weighted by atomic mass is 9.86. The maximum Gasteiger partial charge on any atom is 0.307 e. The second-order valence-electron chi connectivity index (χ2n) is 4.70. The van der Waals surface area contributed by atoms with E-state index in [-0.39, 0.29) is 5.92 Å². The Morgan fingerprint density at radius 1 is 1.47 bits per heavy atom. The number of hydrogen-bond donors (Lipinski definition) is 1. The standard InChI is InChI=1S/C13H16FNO2/c14-11-5-9(7-15-8-11)6-12(13(16)17)10-3-1-2-4-10/h5,7-8,10,12H,1-4,6H2,(H,16,17). The van der Waals surface area contributed by atoms with Crippen molar-refractivity contribution < 1.29 is 14.3 Å². The SMILES string of the molecule is O=C(O)C(Cc1cncc(F)c1)C1CCCC1. The number of rotatable bonds is 4. The number of halogens is 1. The molecule has 1 fully saturated rings. The zero-order valence-electron chi connectivity index (χ0n) is 9.60. The monoisotopic (exact) mass is 237 g/mol. The molecule has 1 aromatic heterocycles. The van der Waals surface area contributed by atoms with Crippen LogP contribution in [0.5, 0.6) is 0 Å². The molecule has 1 N–H and O–H groups in total. The molecule has 2 rings (SSSR count). The van der Waals surface area contributed by atoms with Crippen LogP contribution in [0.15, 0.2) is 18.5 Å². The Bertz CT molecular complexity index is 402. The minimum absolute atomic E-state index is 0.232. The van der Waals surface area contributed by atoms with E-state index < -0.39 is 17.7 Å². The van der Waals surface area contributed by atoms with E-state index in [0.29, 0.717) is 12.0 Å². The Balaban J connectivity index is 2.09. The lowest BCUT2D eigenvalue weighted by Crippen LogP contribution is -2.24. The molecular formula is C13H16FNO2. The molecule has 0 saturated heterocycles. The summed E-state index contributed by atoms with van der Waals surface area (Å²) in [6, 6.07) is 1.37. The van der Waals surface area contributed by atoms with Crippen LogP contribution in [0.4, 0.5) is 4.39 Å². The number of aromatic nitrogens is 1. The molecular weight excluding hydrogens is 221 g/mol. The molecule has 1 heterocycles. The van der Waals surface area contributed by atoms with E-state index in [0.717, 1.165) is 31.9 Å². The molecule has 1 aliphatic carbocycles. The third-order valence-electron chi connectivity index (χ3n) is 3.50. The summed E-state index contributed by atoms with van der Waals surface area (Å²) in [6.45, 7) is 0. The Hall–Kier alpha value is -1.45. The number of carbonyl (C=O) groups is 1. The predicted octanol–water partition coefficient (Wildman–Crippen LogP) is 2.65. The average Bonchev–Trinajstić information content (AvgIpc) is 2.78. The summed E-state index contributed by atoms with van der Waals surface area (Å²) in [7, 11) is 0. The minimum Gasteiger partial charge on any atom is -0.481 e. The Morgan fingerprint density at radius 3 is 2.76 bits per heavy atom. The van der Waals surface area contributed by atoms with Crippen molar-refractivity contribution in [2.45, 2.75) is 32.1 Å². The fourth-order valence-electron chi connectivity index (χ4n) is 2.64. The highest BCUT2D eigenvalue weighted by Crippen LogP contribution is 2.33. The van der Waals surface area contributed by atoms with Gasteiger partial charge in [-0.1, -0.05) is 12.8 Å². The molecule has 0 aliphatic heterocycles. The van der Waals surface area contributed by atoms with Crippen LogP contribution in [0.2, 0.25) is 0 Å². The van der Waals surface area contributed by atoms with E-state index in [4.69, 9.17) is 0 Å². The zero-order chi connectivity index (χ0) is 12.3. The second-order valence-corrected chi connectivity index (χ2v) is 4.70. The van der Waals surface area contributed by atoms with Gasteiger partial charge in [0.05, 0.1) is 12.1 Å². The molecule has 0 aromatic carbocycles. The second kappa shape index (κ2) is 5.25. The van der Waals surface area contributed by atoms with E-state index in [1.54, 1.807) is 6.20 Å². The van der Waals surface area contributed by atoms with Crippen LogP contribution in [0.1, 0.15) is 31.2 Å². The van der Waals surface area contributed by atoms with E-state index in [1.807, 2.05) is 0 Å². The van der Waals surface area contributed by atoms with E-state index >= 15 is 0 Å². The van der Waals surface area contributed by atoms with Crippen molar-refractivity contribution in [3.63, 3.8) is 0 Å². The molecule has 0 bridgehead atoms. The molecule has 17 heavy (non-hydrogen) atoms. The Morgan fingerprint density at radius 2 is 2.18 bits per heavy atom. The van der Waals surface area contributed by atoms with Gasteiger partial charge in [-0.05, 0) is 36.8 Å². The normalized spacial score (nSPS) is 18.2. The largest absolute Gasteiger partial charge is 0.481 e. The summed E-state index contributed by atoms with van der Waals surface area (Å²) in [5.74, 6) is -1.35. The number of aliphatic carboxylic acids is 1. The number of carboxylic acid groups (broad SMARTS) is 1. The van der Waals surface area contributed by atoms with Gasteiger partial charge in [-0.25, -0.2) is 4.39 Å². The molecule has 0 radical (unpaired) electrons. The van der Waals surface area contributed by atoms with Gasteiger partial charge in [-0.15, -0.1) is 0 Å². The van der Waals surface area contributed by atoms with Gasteiger partial charge in [0, 0.05) is 6.20 Å². The van der Waals surface area contributed by atoms with Crippen LogP contribution in [0.3, 0.4) is 0 Å². The van der Waals surface area contributed by atoms with Crippen molar-refractivity contribution in [1.29, 1.82) is 0 Å². The topological polar surface area (TPSA) is 50.2 Å². The first-order valence-corrected chi connectivity index (χ1v) is 5.99.